The van der Waals surface area contributed by atoms with Gasteiger partial charge in [-0.05, 0) is 25.1 Å². The number of amides is 2. The van der Waals surface area contributed by atoms with Crippen molar-refractivity contribution in [3.8, 4) is 18.4 Å². The van der Waals surface area contributed by atoms with Crippen molar-refractivity contribution in [2.24, 2.45) is 0 Å². The second-order valence-corrected chi connectivity index (χ2v) is 7.25. The molecule has 0 saturated heterocycles. The Hall–Kier alpha value is -4.47. The summed E-state index contributed by atoms with van der Waals surface area (Å²) in [7, 11) is 0. The molecule has 1 aromatic heterocycles. The molecular formula is C22H16F3N5O3S. The largest absolute Gasteiger partial charge is 0.471 e. The van der Waals surface area contributed by atoms with Crippen LogP contribution in [0.3, 0.4) is 0 Å². The molecule has 3 N–H and O–H groups in total. The number of terminal acetylenes is 1. The molecule has 12 heteroatoms. The number of rotatable bonds is 6. The molecule has 8 nitrogen and oxygen atoms in total. The summed E-state index contributed by atoms with van der Waals surface area (Å²) < 4.78 is 38.8. The van der Waals surface area contributed by atoms with Gasteiger partial charge in [-0.2, -0.15) is 18.4 Å². The summed E-state index contributed by atoms with van der Waals surface area (Å²) in [6.45, 7) is 1.85. The average molecular weight is 487 g/mol. The lowest BCUT2D eigenvalue weighted by Crippen LogP contribution is -2.30. The summed E-state index contributed by atoms with van der Waals surface area (Å²) in [5, 5.41) is 16.0. The molecule has 2 aromatic rings. The Morgan fingerprint density at radius 1 is 1.29 bits per heavy atom. The molecule has 34 heavy (non-hydrogen) atoms. The third-order valence-corrected chi connectivity index (χ3v) is 4.95. The van der Waals surface area contributed by atoms with Crippen LogP contribution in [-0.4, -0.2) is 29.1 Å². The number of carbonyl (C=O) groups excluding carboxylic acids is 2. The Morgan fingerprint density at radius 3 is 2.62 bits per heavy atom. The summed E-state index contributed by atoms with van der Waals surface area (Å²) in [5.41, 5.74) is 4.77. The van der Waals surface area contributed by atoms with Gasteiger partial charge in [-0.25, -0.2) is 0 Å². The van der Waals surface area contributed by atoms with Gasteiger partial charge in [0.05, 0.1) is 6.54 Å². The fourth-order valence-electron chi connectivity index (χ4n) is 2.42. The van der Waals surface area contributed by atoms with Crippen molar-refractivity contribution in [3.05, 3.63) is 55.6 Å². The summed E-state index contributed by atoms with van der Waals surface area (Å²) in [6, 6.07) is 7.19. The molecular weight excluding hydrogens is 471 g/mol. The fraction of sp³-hybridized carbons (Fsp3) is 0.182. The quantitative estimate of drug-likeness (QED) is 0.320. The van der Waals surface area contributed by atoms with Crippen LogP contribution in [0.5, 0.6) is 0 Å². The van der Waals surface area contributed by atoms with Crippen molar-refractivity contribution in [2.45, 2.75) is 19.6 Å². The highest BCUT2D eigenvalue weighted by Gasteiger charge is 2.38. The van der Waals surface area contributed by atoms with Crippen LogP contribution in [0.2, 0.25) is 0 Å². The minimum absolute atomic E-state index is 0.0781. The molecule has 0 aliphatic heterocycles. The molecule has 2 rings (SSSR count). The first kappa shape index (κ1) is 25.8. The summed E-state index contributed by atoms with van der Waals surface area (Å²) >= 11 is 0.928. The van der Waals surface area contributed by atoms with Gasteiger partial charge in [0.15, 0.2) is 5.57 Å². The number of hydrogen-bond donors (Lipinski definition) is 3. The molecule has 174 valence electrons. The van der Waals surface area contributed by atoms with E-state index < -0.39 is 23.5 Å². The lowest BCUT2D eigenvalue weighted by atomic mass is 10.2. The van der Waals surface area contributed by atoms with Gasteiger partial charge in [-0.15, -0.1) is 6.42 Å². The van der Waals surface area contributed by atoms with Crippen LogP contribution in [0.4, 0.5) is 24.5 Å². The van der Waals surface area contributed by atoms with Gasteiger partial charge in [0.2, 0.25) is 0 Å². The topological polar surface area (TPSA) is 116 Å². The Kier molecular flexibility index (Phi) is 8.66. The van der Waals surface area contributed by atoms with Gasteiger partial charge in [0.1, 0.15) is 15.3 Å². The Labute approximate surface area is 195 Å². The van der Waals surface area contributed by atoms with E-state index in [0.29, 0.717) is 5.69 Å². The van der Waals surface area contributed by atoms with E-state index in [1.807, 2.05) is 0 Å². The molecule has 1 aromatic carbocycles. The van der Waals surface area contributed by atoms with Crippen molar-refractivity contribution in [1.82, 2.24) is 9.88 Å². The number of nitrogens with zero attached hydrogens (tertiary/aromatic N) is 2. The standard InChI is InChI=1S/C22H16F3N5O3S/c1-3-9-28-19(31)14(13-26)11-18-30(4-2)20(32)17(34-18)8-10-27-15-6-5-7-16(12-15)29-21(33)22(23,24)25/h1,5-7,10,12,27H,4,9H2,2H3,(H,28,31)(H,29,33). The Balaban J connectivity index is 2.42. The lowest BCUT2D eigenvalue weighted by Gasteiger charge is -2.09. The first-order valence-electron chi connectivity index (χ1n) is 9.43. The minimum atomic E-state index is -5.02. The van der Waals surface area contributed by atoms with E-state index >= 15 is 0 Å². The van der Waals surface area contributed by atoms with Crippen LogP contribution >= 0.6 is 11.3 Å². The summed E-state index contributed by atoms with van der Waals surface area (Å²) in [5.74, 6) is -0.631. The van der Waals surface area contributed by atoms with Gasteiger partial charge in [-0.1, -0.05) is 34.8 Å². The number of anilines is 2. The number of carbonyl (C=O) groups is 2. The predicted octanol–water partition coefficient (Wildman–Crippen LogP) is 1.01. The third-order valence-electron chi connectivity index (χ3n) is 3.94. The fourth-order valence-corrected chi connectivity index (χ4v) is 3.40. The number of benzene rings is 1. The van der Waals surface area contributed by atoms with Gasteiger partial charge in [0.25, 0.3) is 11.5 Å². The zero-order valence-electron chi connectivity index (χ0n) is 17.5. The predicted molar refractivity (Wildman–Crippen MR) is 121 cm³/mol. The van der Waals surface area contributed by atoms with E-state index in [0.717, 1.165) is 11.3 Å². The molecule has 0 aliphatic rings. The highest BCUT2D eigenvalue weighted by Crippen LogP contribution is 2.20. The second-order valence-electron chi connectivity index (χ2n) is 6.25. The van der Waals surface area contributed by atoms with Gasteiger partial charge >= 0.3 is 12.1 Å². The summed E-state index contributed by atoms with van der Waals surface area (Å²) in [4.78, 5) is 35.6. The van der Waals surface area contributed by atoms with Crippen molar-refractivity contribution < 1.29 is 22.8 Å². The number of aromatic nitrogens is 1. The van der Waals surface area contributed by atoms with E-state index in [9.17, 15) is 32.8 Å². The van der Waals surface area contributed by atoms with Gasteiger partial charge < -0.3 is 16.0 Å². The third kappa shape index (κ3) is 6.76. The van der Waals surface area contributed by atoms with Gasteiger partial charge in [-0.3, -0.25) is 19.0 Å². The zero-order valence-corrected chi connectivity index (χ0v) is 18.4. The first-order chi connectivity index (χ1) is 16.1. The maximum Gasteiger partial charge on any atom is 0.471 e. The van der Waals surface area contributed by atoms with Crippen LogP contribution in [0.1, 0.15) is 6.92 Å². The van der Waals surface area contributed by atoms with E-state index in [-0.39, 0.29) is 33.5 Å². The second kappa shape index (κ2) is 11.4. The maximum atomic E-state index is 12.6. The smallest absolute Gasteiger partial charge is 0.355 e. The van der Waals surface area contributed by atoms with E-state index in [1.54, 1.807) is 18.3 Å². The lowest BCUT2D eigenvalue weighted by molar-refractivity contribution is -0.167. The molecule has 0 fully saturated rings. The van der Waals surface area contributed by atoms with Crippen molar-refractivity contribution >= 4 is 46.0 Å². The molecule has 2 amide bonds. The van der Waals surface area contributed by atoms with Crippen molar-refractivity contribution in [1.29, 1.82) is 5.26 Å². The first-order valence-corrected chi connectivity index (χ1v) is 10.2. The Bertz CT molecular complexity index is 1440. The van der Waals surface area contributed by atoms with E-state index in [4.69, 9.17) is 6.42 Å². The highest BCUT2D eigenvalue weighted by atomic mass is 32.1. The SMILES string of the molecule is C#CCNC(=O)C(=C=c1sc(=C=CNc2cccc(NC(=O)C(F)(F)F)c2)c(=O)n1CC)C#N. The molecule has 0 radical (unpaired) electrons. The number of nitrogens with one attached hydrogen (secondary N) is 3. The van der Waals surface area contributed by atoms with Crippen LogP contribution in [0, 0.1) is 23.7 Å². The van der Waals surface area contributed by atoms with Crippen LogP contribution in [0.25, 0.3) is 11.5 Å². The molecule has 0 unspecified atom stereocenters. The van der Waals surface area contributed by atoms with Gasteiger partial charge in [0, 0.05) is 24.1 Å². The summed E-state index contributed by atoms with van der Waals surface area (Å²) in [6.07, 6.45) is 1.31. The van der Waals surface area contributed by atoms with Crippen LogP contribution < -0.4 is 30.7 Å². The van der Waals surface area contributed by atoms with Crippen molar-refractivity contribution in [2.75, 3.05) is 17.2 Å². The van der Waals surface area contributed by atoms with Crippen molar-refractivity contribution in [3.63, 3.8) is 0 Å². The number of hydrogen-bond acceptors (Lipinski definition) is 6. The molecule has 0 aliphatic carbocycles. The van der Waals surface area contributed by atoms with Crippen LogP contribution in [-0.2, 0) is 16.1 Å². The monoisotopic (exact) mass is 487 g/mol. The molecule has 0 atom stereocenters. The number of alkyl halides is 3. The minimum Gasteiger partial charge on any atom is -0.355 e. The molecule has 0 spiro atoms. The highest BCUT2D eigenvalue weighted by molar-refractivity contribution is 7.07. The zero-order chi connectivity index (χ0) is 25.3. The molecule has 0 saturated carbocycles. The normalized spacial score (nSPS) is 10.1. The average Bonchev–Trinajstić information content (AvgIpc) is 3.09. The van der Waals surface area contributed by atoms with Crippen LogP contribution in [0.15, 0.2) is 40.8 Å². The number of halogens is 3. The number of thiazole rings is 1. The molecule has 0 bridgehead atoms. The number of nitriles is 1. The van der Waals surface area contributed by atoms with E-state index in [1.165, 1.54) is 35.0 Å². The maximum absolute atomic E-state index is 12.6. The van der Waals surface area contributed by atoms with E-state index in [2.05, 4.69) is 28.0 Å². The Morgan fingerprint density at radius 2 is 2.00 bits per heavy atom. The molecule has 1 heterocycles.